The van der Waals surface area contributed by atoms with Gasteiger partial charge in [-0.1, -0.05) is 0 Å². The minimum Gasteiger partial charge on any atom is -0.345 e. The van der Waals surface area contributed by atoms with Gasteiger partial charge in [-0.15, -0.1) is 0 Å². The number of benzene rings is 1. The monoisotopic (exact) mass is 339 g/mol. The molecule has 1 aromatic heterocycles. The summed E-state index contributed by atoms with van der Waals surface area (Å²) in [6.45, 7) is 8.66. The summed E-state index contributed by atoms with van der Waals surface area (Å²) in [5.74, 6) is 0.194. The molecule has 2 fully saturated rings. The van der Waals surface area contributed by atoms with Crippen molar-refractivity contribution < 1.29 is 4.79 Å². The van der Waals surface area contributed by atoms with Crippen molar-refractivity contribution in [3.63, 3.8) is 0 Å². The maximum Gasteiger partial charge on any atom is 0.253 e. The molecule has 25 heavy (non-hydrogen) atoms. The fraction of sp³-hybridized carbons (Fsp3) is 0.571. The minimum atomic E-state index is 0.194. The number of aromatic nitrogens is 1. The van der Waals surface area contributed by atoms with Crippen LogP contribution in [0.4, 0.5) is 0 Å². The molecule has 3 heterocycles. The first-order chi connectivity index (χ1) is 12.1. The van der Waals surface area contributed by atoms with Crippen LogP contribution in [0.15, 0.2) is 30.5 Å². The van der Waals surface area contributed by atoms with Crippen LogP contribution in [0.2, 0.25) is 0 Å². The number of fused-ring (bicyclic) bond motifs is 1. The summed E-state index contributed by atoms with van der Waals surface area (Å²) < 4.78 is 2.26. The first kappa shape index (κ1) is 16.6. The molecule has 2 saturated heterocycles. The highest BCUT2D eigenvalue weighted by atomic mass is 16.2. The van der Waals surface area contributed by atoms with Gasteiger partial charge in [0, 0.05) is 47.8 Å². The quantitative estimate of drug-likeness (QED) is 0.848. The van der Waals surface area contributed by atoms with Crippen molar-refractivity contribution in [1.82, 2.24) is 14.4 Å². The first-order valence-corrected chi connectivity index (χ1v) is 9.77. The largest absolute Gasteiger partial charge is 0.345 e. The van der Waals surface area contributed by atoms with Crippen molar-refractivity contribution >= 4 is 16.8 Å². The van der Waals surface area contributed by atoms with Gasteiger partial charge in [0.1, 0.15) is 0 Å². The molecular weight excluding hydrogens is 310 g/mol. The molecule has 0 bridgehead atoms. The molecule has 4 nitrogen and oxygen atoms in total. The number of piperidine rings is 1. The number of carbonyl (C=O) groups is 1. The van der Waals surface area contributed by atoms with Crippen LogP contribution < -0.4 is 0 Å². The lowest BCUT2D eigenvalue weighted by molar-refractivity contribution is 0.0644. The Balaban J connectivity index is 1.45. The summed E-state index contributed by atoms with van der Waals surface area (Å²) in [6.07, 6.45) is 7.05. The van der Waals surface area contributed by atoms with Crippen molar-refractivity contribution in [2.24, 2.45) is 0 Å². The third kappa shape index (κ3) is 3.20. The maximum absolute atomic E-state index is 12.9. The van der Waals surface area contributed by atoms with Crippen molar-refractivity contribution in [3.8, 4) is 0 Å². The molecular formula is C21H29N3O. The summed E-state index contributed by atoms with van der Waals surface area (Å²) in [4.78, 5) is 17.6. The summed E-state index contributed by atoms with van der Waals surface area (Å²) in [5.41, 5.74) is 2.04. The van der Waals surface area contributed by atoms with Crippen LogP contribution in [0.25, 0.3) is 10.9 Å². The highest BCUT2D eigenvalue weighted by Crippen LogP contribution is 2.24. The van der Waals surface area contributed by atoms with E-state index in [0.717, 1.165) is 36.9 Å². The lowest BCUT2D eigenvalue weighted by Gasteiger charge is -2.36. The van der Waals surface area contributed by atoms with Gasteiger partial charge in [0.25, 0.3) is 5.91 Å². The second kappa shape index (κ2) is 6.83. The zero-order valence-electron chi connectivity index (χ0n) is 15.4. The third-order valence-corrected chi connectivity index (χ3v) is 5.93. The zero-order valence-corrected chi connectivity index (χ0v) is 15.4. The Labute approximate surface area is 150 Å². The molecule has 1 amide bonds. The Bertz CT molecular complexity index is 750. The number of nitrogens with zero attached hydrogens (tertiary/aromatic N) is 3. The predicted octanol–water partition coefficient (Wildman–Crippen LogP) is 3.92. The Morgan fingerprint density at radius 1 is 1.04 bits per heavy atom. The van der Waals surface area contributed by atoms with Gasteiger partial charge in [0.2, 0.25) is 0 Å². The van der Waals surface area contributed by atoms with Gasteiger partial charge < -0.3 is 14.4 Å². The van der Waals surface area contributed by atoms with Crippen LogP contribution in [0.3, 0.4) is 0 Å². The molecule has 0 N–H and O–H groups in total. The predicted molar refractivity (Wildman–Crippen MR) is 102 cm³/mol. The van der Waals surface area contributed by atoms with Crippen LogP contribution in [0, 0.1) is 0 Å². The molecule has 0 radical (unpaired) electrons. The third-order valence-electron chi connectivity index (χ3n) is 5.93. The number of likely N-dealkylation sites (tertiary alicyclic amines) is 2. The van der Waals surface area contributed by atoms with E-state index in [1.807, 2.05) is 11.0 Å². The molecule has 134 valence electrons. The van der Waals surface area contributed by atoms with E-state index in [9.17, 15) is 4.79 Å². The number of carbonyl (C=O) groups excluding carboxylic acids is 1. The number of hydrogen-bond donors (Lipinski definition) is 0. The number of hydrogen-bond acceptors (Lipinski definition) is 2. The van der Waals surface area contributed by atoms with Crippen molar-refractivity contribution in [2.75, 3.05) is 26.2 Å². The Kier molecular flexibility index (Phi) is 4.55. The molecule has 2 aliphatic heterocycles. The average molecular weight is 339 g/mol. The van der Waals surface area contributed by atoms with Crippen LogP contribution >= 0.6 is 0 Å². The number of amides is 1. The van der Waals surface area contributed by atoms with Crippen LogP contribution in [-0.4, -0.2) is 52.5 Å². The van der Waals surface area contributed by atoms with E-state index in [-0.39, 0.29) is 5.91 Å². The smallest absolute Gasteiger partial charge is 0.253 e. The standard InChI is InChI=1S/C21H29N3O/c1-16(2)24-14-7-17-15-18(5-6-20(17)24)21(25)23-12-8-19(9-13-23)22-10-3-4-11-22/h5-7,14-16,19H,3-4,8-13H2,1-2H3. The molecule has 4 heteroatoms. The van der Waals surface area contributed by atoms with Gasteiger partial charge in [-0.2, -0.15) is 0 Å². The van der Waals surface area contributed by atoms with Crippen molar-refractivity contribution in [3.05, 3.63) is 36.0 Å². The van der Waals surface area contributed by atoms with E-state index in [4.69, 9.17) is 0 Å². The molecule has 0 unspecified atom stereocenters. The van der Waals surface area contributed by atoms with E-state index >= 15 is 0 Å². The highest BCUT2D eigenvalue weighted by Gasteiger charge is 2.28. The molecule has 1 aromatic carbocycles. The van der Waals surface area contributed by atoms with Crippen LogP contribution in [0.1, 0.15) is 55.9 Å². The van der Waals surface area contributed by atoms with Gasteiger partial charge in [-0.05, 0) is 76.9 Å². The molecule has 4 rings (SSSR count). The fourth-order valence-electron chi connectivity index (χ4n) is 4.47. The lowest BCUT2D eigenvalue weighted by atomic mass is 10.0. The van der Waals surface area contributed by atoms with Gasteiger partial charge in [-0.25, -0.2) is 0 Å². The van der Waals surface area contributed by atoms with Crippen molar-refractivity contribution in [1.29, 1.82) is 0 Å². The second-order valence-electron chi connectivity index (χ2n) is 7.86. The van der Waals surface area contributed by atoms with Crippen molar-refractivity contribution in [2.45, 2.75) is 51.6 Å². The summed E-state index contributed by atoms with van der Waals surface area (Å²) in [7, 11) is 0. The topological polar surface area (TPSA) is 28.5 Å². The van der Waals surface area contributed by atoms with Gasteiger partial charge >= 0.3 is 0 Å². The Hall–Kier alpha value is -1.81. The van der Waals surface area contributed by atoms with E-state index in [1.165, 1.54) is 31.4 Å². The normalized spacial score (nSPS) is 20.0. The van der Waals surface area contributed by atoms with E-state index in [2.05, 4.69) is 47.7 Å². The van der Waals surface area contributed by atoms with Gasteiger partial charge in [0.15, 0.2) is 0 Å². The van der Waals surface area contributed by atoms with Gasteiger partial charge in [0.05, 0.1) is 0 Å². The number of rotatable bonds is 3. The minimum absolute atomic E-state index is 0.194. The summed E-state index contributed by atoms with van der Waals surface area (Å²) in [5, 5.41) is 1.16. The van der Waals surface area contributed by atoms with E-state index in [0.29, 0.717) is 12.1 Å². The summed E-state index contributed by atoms with van der Waals surface area (Å²) >= 11 is 0. The molecule has 2 aliphatic rings. The average Bonchev–Trinajstić information content (AvgIpc) is 3.30. The molecule has 0 aliphatic carbocycles. The Morgan fingerprint density at radius 3 is 2.44 bits per heavy atom. The van der Waals surface area contributed by atoms with E-state index < -0.39 is 0 Å². The molecule has 0 atom stereocenters. The second-order valence-corrected chi connectivity index (χ2v) is 7.86. The first-order valence-electron chi connectivity index (χ1n) is 9.77. The van der Waals surface area contributed by atoms with E-state index in [1.54, 1.807) is 0 Å². The van der Waals surface area contributed by atoms with Gasteiger partial charge in [-0.3, -0.25) is 4.79 Å². The zero-order chi connectivity index (χ0) is 17.4. The summed E-state index contributed by atoms with van der Waals surface area (Å²) in [6, 6.07) is 9.39. The van der Waals surface area contributed by atoms with Crippen LogP contribution in [0.5, 0.6) is 0 Å². The SMILES string of the molecule is CC(C)n1ccc2cc(C(=O)N3CCC(N4CCCC4)CC3)ccc21. The van der Waals surface area contributed by atoms with Crippen LogP contribution in [-0.2, 0) is 0 Å². The lowest BCUT2D eigenvalue weighted by Crippen LogP contribution is -2.45. The maximum atomic E-state index is 12.9. The molecule has 2 aromatic rings. The molecule has 0 spiro atoms. The molecule has 0 saturated carbocycles. The Morgan fingerprint density at radius 2 is 1.76 bits per heavy atom. The fourth-order valence-corrected chi connectivity index (χ4v) is 4.47. The highest BCUT2D eigenvalue weighted by molar-refractivity contribution is 5.98.